The van der Waals surface area contributed by atoms with Crippen LogP contribution in [-0.2, 0) is 16.1 Å². The normalized spacial score (nSPS) is 18.8. The van der Waals surface area contributed by atoms with E-state index in [9.17, 15) is 9.59 Å². The van der Waals surface area contributed by atoms with Crippen molar-refractivity contribution >= 4 is 11.8 Å². The van der Waals surface area contributed by atoms with E-state index in [1.807, 2.05) is 30.3 Å². The summed E-state index contributed by atoms with van der Waals surface area (Å²) in [6, 6.07) is 9.88. The largest absolute Gasteiger partial charge is 0.370 e. The smallest absolute Gasteiger partial charge is 0.223 e. The van der Waals surface area contributed by atoms with Gasteiger partial charge in [-0.05, 0) is 43.3 Å². The fourth-order valence-electron chi connectivity index (χ4n) is 3.28. The molecule has 1 aliphatic rings. The van der Waals surface area contributed by atoms with Gasteiger partial charge in [-0.3, -0.25) is 9.59 Å². The van der Waals surface area contributed by atoms with Crippen LogP contribution in [0.1, 0.15) is 38.2 Å². The third-order valence-electron chi connectivity index (χ3n) is 4.83. The molecule has 1 aromatic carbocycles. The number of nitrogens with two attached hydrogens (primary N) is 1. The van der Waals surface area contributed by atoms with E-state index in [2.05, 4.69) is 12.2 Å². The highest BCUT2D eigenvalue weighted by molar-refractivity contribution is 5.78. The Balaban J connectivity index is 1.95. The van der Waals surface area contributed by atoms with Gasteiger partial charge in [0.1, 0.15) is 0 Å². The van der Waals surface area contributed by atoms with Gasteiger partial charge < -0.3 is 16.0 Å². The summed E-state index contributed by atoms with van der Waals surface area (Å²) in [5.41, 5.74) is 6.34. The number of carbonyl (C=O) groups is 2. The van der Waals surface area contributed by atoms with Crippen LogP contribution >= 0.6 is 0 Å². The standard InChI is InChI=1S/C19H29N3O2/c1-15(17-8-5-10-21-13-17)12-19(24)22(11-9-18(20)23)14-16-6-3-2-4-7-16/h2-4,6-7,15,17,21H,5,8-14H2,1H3,(H2,20,23). The minimum Gasteiger partial charge on any atom is -0.370 e. The number of amides is 2. The third kappa shape index (κ3) is 5.96. The van der Waals surface area contributed by atoms with Crippen molar-refractivity contribution in [3.8, 4) is 0 Å². The summed E-state index contributed by atoms with van der Waals surface area (Å²) in [6.07, 6.45) is 3.09. The summed E-state index contributed by atoms with van der Waals surface area (Å²) in [5.74, 6) is 0.637. The molecule has 132 valence electrons. The Morgan fingerprint density at radius 2 is 2.08 bits per heavy atom. The number of nitrogens with zero attached hydrogens (tertiary/aromatic N) is 1. The number of piperidine rings is 1. The molecule has 1 fully saturated rings. The van der Waals surface area contributed by atoms with Gasteiger partial charge in [-0.15, -0.1) is 0 Å². The van der Waals surface area contributed by atoms with Crippen LogP contribution in [0.3, 0.4) is 0 Å². The van der Waals surface area contributed by atoms with E-state index in [1.165, 1.54) is 12.8 Å². The zero-order valence-corrected chi connectivity index (χ0v) is 14.5. The maximum Gasteiger partial charge on any atom is 0.223 e. The molecule has 1 aliphatic heterocycles. The van der Waals surface area contributed by atoms with Crippen molar-refractivity contribution < 1.29 is 9.59 Å². The van der Waals surface area contributed by atoms with Gasteiger partial charge in [0.2, 0.25) is 11.8 Å². The van der Waals surface area contributed by atoms with Gasteiger partial charge >= 0.3 is 0 Å². The van der Waals surface area contributed by atoms with Gasteiger partial charge in [-0.2, -0.15) is 0 Å². The Kier molecular flexibility index (Phi) is 7.25. The molecule has 0 radical (unpaired) electrons. The first-order chi connectivity index (χ1) is 11.6. The molecule has 1 heterocycles. The average Bonchev–Trinajstić information content (AvgIpc) is 2.60. The molecule has 2 atom stereocenters. The molecule has 0 spiro atoms. The molecule has 3 N–H and O–H groups in total. The summed E-state index contributed by atoms with van der Waals surface area (Å²) in [6.45, 7) is 5.15. The first kappa shape index (κ1) is 18.5. The van der Waals surface area contributed by atoms with E-state index in [4.69, 9.17) is 5.73 Å². The second-order valence-corrected chi connectivity index (χ2v) is 6.81. The van der Waals surface area contributed by atoms with E-state index in [1.54, 1.807) is 4.90 Å². The van der Waals surface area contributed by atoms with Crippen molar-refractivity contribution in [1.82, 2.24) is 10.2 Å². The van der Waals surface area contributed by atoms with Crippen molar-refractivity contribution in [2.24, 2.45) is 17.6 Å². The minimum atomic E-state index is -0.370. The summed E-state index contributed by atoms with van der Waals surface area (Å²) >= 11 is 0. The molecular formula is C19H29N3O2. The molecule has 0 saturated carbocycles. The molecule has 0 aliphatic carbocycles. The summed E-state index contributed by atoms with van der Waals surface area (Å²) in [5, 5.41) is 3.41. The number of hydrogen-bond donors (Lipinski definition) is 2. The predicted molar refractivity (Wildman–Crippen MR) is 95.0 cm³/mol. The lowest BCUT2D eigenvalue weighted by molar-refractivity contribution is -0.133. The molecule has 5 nitrogen and oxygen atoms in total. The molecular weight excluding hydrogens is 302 g/mol. The van der Waals surface area contributed by atoms with Crippen LogP contribution in [0.15, 0.2) is 30.3 Å². The highest BCUT2D eigenvalue weighted by Crippen LogP contribution is 2.23. The molecule has 24 heavy (non-hydrogen) atoms. The van der Waals surface area contributed by atoms with Gasteiger partial charge in [-0.25, -0.2) is 0 Å². The quantitative estimate of drug-likeness (QED) is 0.764. The molecule has 2 amide bonds. The van der Waals surface area contributed by atoms with E-state index in [0.29, 0.717) is 31.3 Å². The molecule has 0 bridgehead atoms. The highest BCUT2D eigenvalue weighted by Gasteiger charge is 2.24. The zero-order chi connectivity index (χ0) is 17.4. The summed E-state index contributed by atoms with van der Waals surface area (Å²) in [7, 11) is 0. The number of carbonyl (C=O) groups excluding carboxylic acids is 2. The SMILES string of the molecule is CC(CC(=O)N(CCC(N)=O)Cc1ccccc1)C1CCCNC1. The molecule has 2 rings (SSSR count). The zero-order valence-electron chi connectivity index (χ0n) is 14.5. The Labute approximate surface area is 144 Å². The van der Waals surface area contributed by atoms with Crippen molar-refractivity contribution in [3.63, 3.8) is 0 Å². The van der Waals surface area contributed by atoms with Gasteiger partial charge in [0, 0.05) is 25.9 Å². The molecule has 5 heteroatoms. The van der Waals surface area contributed by atoms with Crippen molar-refractivity contribution in [2.45, 2.75) is 39.2 Å². The molecule has 1 saturated heterocycles. The fourth-order valence-corrected chi connectivity index (χ4v) is 3.28. The number of nitrogens with one attached hydrogen (secondary N) is 1. The number of rotatable bonds is 8. The first-order valence-electron chi connectivity index (χ1n) is 8.87. The van der Waals surface area contributed by atoms with E-state index in [-0.39, 0.29) is 18.2 Å². The number of hydrogen-bond acceptors (Lipinski definition) is 3. The molecule has 1 aromatic rings. The van der Waals surface area contributed by atoms with Crippen molar-refractivity contribution in [2.75, 3.05) is 19.6 Å². The molecule has 0 aromatic heterocycles. The van der Waals surface area contributed by atoms with Crippen LogP contribution in [0, 0.1) is 11.8 Å². The van der Waals surface area contributed by atoms with Gasteiger partial charge in [-0.1, -0.05) is 37.3 Å². The maximum absolute atomic E-state index is 12.8. The van der Waals surface area contributed by atoms with Crippen LogP contribution in [-0.4, -0.2) is 36.3 Å². The van der Waals surface area contributed by atoms with Gasteiger partial charge in [0.25, 0.3) is 0 Å². The Hall–Kier alpha value is -1.88. The van der Waals surface area contributed by atoms with Crippen LogP contribution in [0.4, 0.5) is 0 Å². The maximum atomic E-state index is 12.8. The predicted octanol–water partition coefficient (Wildman–Crippen LogP) is 1.92. The van der Waals surface area contributed by atoms with Crippen LogP contribution in [0.5, 0.6) is 0 Å². The van der Waals surface area contributed by atoms with Crippen molar-refractivity contribution in [1.29, 1.82) is 0 Å². The Morgan fingerprint density at radius 3 is 2.71 bits per heavy atom. The summed E-state index contributed by atoms with van der Waals surface area (Å²) in [4.78, 5) is 25.7. The van der Waals surface area contributed by atoms with Crippen LogP contribution in [0.2, 0.25) is 0 Å². The lowest BCUT2D eigenvalue weighted by Crippen LogP contribution is -2.38. The van der Waals surface area contributed by atoms with E-state index >= 15 is 0 Å². The number of benzene rings is 1. The first-order valence-corrected chi connectivity index (χ1v) is 8.87. The van der Waals surface area contributed by atoms with Gasteiger partial charge in [0.05, 0.1) is 0 Å². The molecule has 2 unspecified atom stereocenters. The monoisotopic (exact) mass is 331 g/mol. The second-order valence-electron chi connectivity index (χ2n) is 6.81. The lowest BCUT2D eigenvalue weighted by Gasteiger charge is -2.30. The fraction of sp³-hybridized carbons (Fsp3) is 0.579. The van der Waals surface area contributed by atoms with Crippen LogP contribution in [0.25, 0.3) is 0 Å². The third-order valence-corrected chi connectivity index (χ3v) is 4.83. The number of primary amides is 1. The summed E-state index contributed by atoms with van der Waals surface area (Å²) < 4.78 is 0. The van der Waals surface area contributed by atoms with E-state index < -0.39 is 0 Å². The van der Waals surface area contributed by atoms with Crippen LogP contribution < -0.4 is 11.1 Å². The van der Waals surface area contributed by atoms with Gasteiger partial charge in [0.15, 0.2) is 0 Å². The lowest BCUT2D eigenvalue weighted by atomic mass is 9.85. The van der Waals surface area contributed by atoms with Crippen molar-refractivity contribution in [3.05, 3.63) is 35.9 Å². The van der Waals surface area contributed by atoms with E-state index in [0.717, 1.165) is 18.7 Å². The minimum absolute atomic E-state index is 0.109. The Bertz CT molecular complexity index is 527. The second kappa shape index (κ2) is 9.42. The highest BCUT2D eigenvalue weighted by atomic mass is 16.2. The topological polar surface area (TPSA) is 75.4 Å². The Morgan fingerprint density at radius 1 is 1.33 bits per heavy atom. The average molecular weight is 331 g/mol.